The fourth-order valence-electron chi connectivity index (χ4n) is 5.21. The summed E-state index contributed by atoms with van der Waals surface area (Å²) in [6.07, 6.45) is -3.05. The van der Waals surface area contributed by atoms with E-state index in [0.29, 0.717) is 76.4 Å². The maximum atomic E-state index is 14.3. The van der Waals surface area contributed by atoms with Crippen molar-refractivity contribution in [2.75, 3.05) is 83.5 Å². The third kappa shape index (κ3) is 7.89. The number of anilines is 2. The van der Waals surface area contributed by atoms with Gasteiger partial charge in [0.2, 0.25) is 5.91 Å². The number of pyridine rings is 1. The van der Waals surface area contributed by atoms with Crippen LogP contribution in [0.2, 0.25) is 0 Å². The van der Waals surface area contributed by atoms with Crippen LogP contribution in [0.3, 0.4) is 0 Å². The predicted octanol–water partition coefficient (Wildman–Crippen LogP) is 1.75. The number of hydrogen-bond acceptors (Lipinski definition) is 11. The molecule has 3 amide bonds. The molecule has 0 radical (unpaired) electrons. The smallest absolute Gasteiger partial charge is 0.417 e. The summed E-state index contributed by atoms with van der Waals surface area (Å²) < 4.78 is 59.0. The van der Waals surface area contributed by atoms with Crippen LogP contribution in [-0.4, -0.2) is 121 Å². The van der Waals surface area contributed by atoms with Crippen molar-refractivity contribution in [1.29, 1.82) is 0 Å². The van der Waals surface area contributed by atoms with Crippen LogP contribution in [0.4, 0.5) is 29.6 Å². The summed E-state index contributed by atoms with van der Waals surface area (Å²) in [5.41, 5.74) is 0.0264. The Morgan fingerprint density at radius 1 is 1.04 bits per heavy atom. The topological polar surface area (TPSA) is 156 Å². The molecule has 47 heavy (non-hydrogen) atoms. The van der Waals surface area contributed by atoms with Gasteiger partial charge in [0.15, 0.2) is 17.4 Å². The lowest BCUT2D eigenvalue weighted by Gasteiger charge is -2.34. The lowest BCUT2D eigenvalue weighted by Crippen LogP contribution is -2.50. The van der Waals surface area contributed by atoms with Gasteiger partial charge in [-0.2, -0.15) is 13.2 Å². The predicted molar refractivity (Wildman–Crippen MR) is 161 cm³/mol. The molecule has 252 valence electrons. The zero-order chi connectivity index (χ0) is 33.7. The number of carbonyl (C=O) groups excluding carboxylic acids is 3. The molecule has 5 rings (SSSR count). The van der Waals surface area contributed by atoms with E-state index < -0.39 is 23.7 Å². The van der Waals surface area contributed by atoms with Crippen molar-refractivity contribution >= 4 is 35.1 Å². The van der Waals surface area contributed by atoms with E-state index in [4.69, 9.17) is 9.47 Å². The molecular weight excluding hydrogens is 627 g/mol. The highest BCUT2D eigenvalue weighted by molar-refractivity contribution is 5.93. The number of alkyl halides is 3. The second kappa shape index (κ2) is 14.2. The van der Waals surface area contributed by atoms with Crippen LogP contribution in [0.15, 0.2) is 36.9 Å². The number of hydrogen-bond donors (Lipinski definition) is 2. The lowest BCUT2D eigenvalue weighted by molar-refractivity contribution is -0.137. The van der Waals surface area contributed by atoms with E-state index >= 15 is 0 Å². The van der Waals surface area contributed by atoms with Crippen LogP contribution < -0.4 is 15.5 Å². The Morgan fingerprint density at radius 3 is 2.43 bits per heavy atom. The Kier molecular flexibility index (Phi) is 10.1. The van der Waals surface area contributed by atoms with Crippen molar-refractivity contribution in [2.24, 2.45) is 0 Å². The zero-order valence-electron chi connectivity index (χ0n) is 25.8. The highest BCUT2D eigenvalue weighted by Gasteiger charge is 2.36. The highest BCUT2D eigenvalue weighted by atomic mass is 19.4. The minimum atomic E-state index is -4.81. The van der Waals surface area contributed by atoms with Crippen molar-refractivity contribution in [1.82, 2.24) is 34.7 Å². The molecule has 0 saturated carbocycles. The van der Waals surface area contributed by atoms with Gasteiger partial charge in [-0.05, 0) is 17.7 Å². The summed E-state index contributed by atoms with van der Waals surface area (Å²) in [5, 5.41) is 9.10. The molecule has 0 bridgehead atoms. The van der Waals surface area contributed by atoms with Crippen LogP contribution in [0.1, 0.15) is 11.1 Å². The van der Waals surface area contributed by atoms with Crippen LogP contribution in [0.5, 0.6) is 0 Å². The van der Waals surface area contributed by atoms with Crippen LogP contribution >= 0.6 is 0 Å². The van der Waals surface area contributed by atoms with E-state index in [1.165, 1.54) is 11.6 Å². The molecule has 0 unspecified atom stereocenters. The first-order chi connectivity index (χ1) is 22.5. The number of fused-ring (bicyclic) bond motifs is 1. The molecule has 2 aliphatic heterocycles. The standard InChI is InChI=1S/C29H34F3N9O6/c1-18(45-2)27(43)34-15-24(42)39-6-4-38(5-7-39)16-19-12-22-26(40-8-10-47-11-9-40)36-25(37-41(22)17-19)20-14-33-23(35-28(44)46-3)13-21(20)29(30,31)32/h12-14,17H,1,4-11,15-16H2,2-3H3,(H,34,43)(H,33,35,44). The fourth-order valence-corrected chi connectivity index (χ4v) is 5.21. The number of morpholine rings is 1. The highest BCUT2D eigenvalue weighted by Crippen LogP contribution is 2.38. The molecule has 3 aromatic heterocycles. The Labute approximate surface area is 267 Å². The zero-order valence-corrected chi connectivity index (χ0v) is 25.8. The summed E-state index contributed by atoms with van der Waals surface area (Å²) in [4.78, 5) is 50.3. The Bertz CT molecular complexity index is 1650. The number of aromatic nitrogens is 4. The lowest BCUT2D eigenvalue weighted by atomic mass is 10.1. The molecule has 5 heterocycles. The van der Waals surface area contributed by atoms with E-state index in [2.05, 4.69) is 41.9 Å². The van der Waals surface area contributed by atoms with Crippen LogP contribution in [-0.2, 0) is 36.5 Å². The van der Waals surface area contributed by atoms with E-state index in [0.717, 1.165) is 18.9 Å². The molecule has 2 N–H and O–H groups in total. The number of nitrogens with one attached hydrogen (secondary N) is 2. The summed E-state index contributed by atoms with van der Waals surface area (Å²) in [7, 11) is 2.41. The number of ether oxygens (including phenoxy) is 3. The minimum absolute atomic E-state index is 0.0838. The Hall–Kier alpha value is -4.97. The van der Waals surface area contributed by atoms with Gasteiger partial charge in [-0.3, -0.25) is 19.8 Å². The number of piperazine rings is 1. The van der Waals surface area contributed by atoms with Gasteiger partial charge in [0.1, 0.15) is 11.3 Å². The molecule has 15 nitrogen and oxygen atoms in total. The second-order valence-corrected chi connectivity index (χ2v) is 10.7. The summed E-state index contributed by atoms with van der Waals surface area (Å²) >= 11 is 0. The molecule has 0 aromatic carbocycles. The molecule has 2 saturated heterocycles. The van der Waals surface area contributed by atoms with Gasteiger partial charge in [0.25, 0.3) is 5.91 Å². The van der Waals surface area contributed by atoms with E-state index in [1.807, 2.05) is 11.0 Å². The molecular formula is C29H34F3N9O6. The van der Waals surface area contributed by atoms with Crippen molar-refractivity contribution in [2.45, 2.75) is 12.7 Å². The van der Waals surface area contributed by atoms with Gasteiger partial charge in [0.05, 0.1) is 45.1 Å². The molecule has 3 aromatic rings. The van der Waals surface area contributed by atoms with Crippen molar-refractivity contribution in [3.63, 3.8) is 0 Å². The van der Waals surface area contributed by atoms with Gasteiger partial charge in [-0.1, -0.05) is 6.58 Å². The second-order valence-electron chi connectivity index (χ2n) is 10.7. The number of amides is 3. The van der Waals surface area contributed by atoms with E-state index in [1.54, 1.807) is 11.1 Å². The van der Waals surface area contributed by atoms with E-state index in [-0.39, 0.29) is 35.4 Å². The third-order valence-corrected chi connectivity index (χ3v) is 7.71. The van der Waals surface area contributed by atoms with Gasteiger partial charge in [-0.15, -0.1) is 5.10 Å². The van der Waals surface area contributed by atoms with Crippen LogP contribution in [0.25, 0.3) is 16.9 Å². The van der Waals surface area contributed by atoms with Crippen molar-refractivity contribution < 1.29 is 41.8 Å². The number of carbonyl (C=O) groups is 3. The van der Waals surface area contributed by atoms with Gasteiger partial charge in [0, 0.05) is 58.2 Å². The number of methoxy groups -OCH3 is 2. The first-order valence-electron chi connectivity index (χ1n) is 14.6. The summed E-state index contributed by atoms with van der Waals surface area (Å²) in [5.74, 6) is -0.951. The van der Waals surface area contributed by atoms with E-state index in [9.17, 15) is 27.6 Å². The summed E-state index contributed by atoms with van der Waals surface area (Å²) in [6, 6.07) is 2.61. The quantitative estimate of drug-likeness (QED) is 0.255. The van der Waals surface area contributed by atoms with Gasteiger partial charge in [-0.25, -0.2) is 19.3 Å². The van der Waals surface area contributed by atoms with Crippen molar-refractivity contribution in [3.05, 3.63) is 48.0 Å². The molecule has 0 spiro atoms. The molecule has 2 fully saturated rings. The number of nitrogens with zero attached hydrogens (tertiary/aromatic N) is 7. The average molecular weight is 662 g/mol. The Balaban J connectivity index is 1.38. The normalized spacial score (nSPS) is 15.8. The summed E-state index contributed by atoms with van der Waals surface area (Å²) in [6.45, 7) is 7.63. The first-order valence-corrected chi connectivity index (χ1v) is 14.6. The maximum absolute atomic E-state index is 14.3. The van der Waals surface area contributed by atoms with Crippen molar-refractivity contribution in [3.8, 4) is 11.4 Å². The third-order valence-electron chi connectivity index (χ3n) is 7.71. The fraction of sp³-hybridized carbons (Fsp3) is 0.448. The number of halogens is 3. The first kappa shape index (κ1) is 33.4. The monoisotopic (exact) mass is 661 g/mol. The molecule has 0 atom stereocenters. The largest absolute Gasteiger partial charge is 0.492 e. The van der Waals surface area contributed by atoms with Gasteiger partial charge >= 0.3 is 12.3 Å². The van der Waals surface area contributed by atoms with Crippen LogP contribution in [0, 0.1) is 0 Å². The maximum Gasteiger partial charge on any atom is 0.417 e. The number of rotatable bonds is 9. The molecule has 0 aliphatic carbocycles. The minimum Gasteiger partial charge on any atom is -0.492 e. The Morgan fingerprint density at radius 2 is 1.77 bits per heavy atom. The molecule has 2 aliphatic rings. The van der Waals surface area contributed by atoms with Gasteiger partial charge < -0.3 is 29.3 Å². The SMILES string of the molecule is C=C(OC)C(=O)NCC(=O)N1CCN(Cc2cc3c(N4CCOCC4)nc(-c4cnc(NC(=O)OC)cc4C(F)(F)F)nn3c2)CC1. The average Bonchev–Trinajstić information content (AvgIpc) is 3.48. The molecule has 18 heteroatoms.